The Balaban J connectivity index is 2.07. The van der Waals surface area contributed by atoms with Gasteiger partial charge < -0.3 is 19.3 Å². The highest BCUT2D eigenvalue weighted by Gasteiger charge is 2.74. The van der Waals surface area contributed by atoms with Crippen LogP contribution in [0.2, 0.25) is 0 Å². The van der Waals surface area contributed by atoms with E-state index in [0.717, 1.165) is 0 Å². The lowest BCUT2D eigenvalue weighted by Gasteiger charge is -2.54. The van der Waals surface area contributed by atoms with Crippen LogP contribution in [0.5, 0.6) is 0 Å². The average Bonchev–Trinajstić information content (AvgIpc) is 2.84. The molecule has 4 atom stereocenters. The second kappa shape index (κ2) is 7.98. The molecule has 1 N–H and O–H groups in total. The molecule has 0 aromatic rings. The SMILES string of the molecule is COC(=O)C1=CCC23CC[C@H](C(C)(/C=C/C=C(/C)C(=O)O)OC2=O)C3(OC(C)=O)CC1. The number of hydrogen-bond acceptors (Lipinski definition) is 7. The third-order valence-electron chi connectivity index (χ3n) is 6.97. The summed E-state index contributed by atoms with van der Waals surface area (Å²) >= 11 is 0. The normalized spacial score (nSPS) is 35.0. The van der Waals surface area contributed by atoms with Crippen LogP contribution in [-0.4, -0.2) is 47.3 Å². The maximum Gasteiger partial charge on any atom is 0.333 e. The molecule has 2 fully saturated rings. The minimum atomic E-state index is -1.13. The number of methoxy groups -OCH3 is 1. The first-order valence-corrected chi connectivity index (χ1v) is 10.3. The molecule has 8 heteroatoms. The number of hydrogen-bond donors (Lipinski definition) is 1. The van der Waals surface area contributed by atoms with Crippen molar-refractivity contribution in [2.75, 3.05) is 7.11 Å². The molecular weight excluding hydrogens is 404 g/mol. The van der Waals surface area contributed by atoms with E-state index in [2.05, 4.69) is 0 Å². The Hall–Kier alpha value is -2.90. The number of esters is 3. The number of carbonyl (C=O) groups excluding carboxylic acids is 3. The van der Waals surface area contributed by atoms with Gasteiger partial charge in [-0.25, -0.2) is 9.59 Å². The van der Waals surface area contributed by atoms with Gasteiger partial charge in [0.25, 0.3) is 0 Å². The van der Waals surface area contributed by atoms with Crippen molar-refractivity contribution in [1.29, 1.82) is 0 Å². The highest BCUT2D eigenvalue weighted by Crippen LogP contribution is 2.65. The van der Waals surface area contributed by atoms with E-state index >= 15 is 0 Å². The predicted octanol–water partition coefficient (Wildman–Crippen LogP) is 2.87. The van der Waals surface area contributed by atoms with Gasteiger partial charge in [-0.1, -0.05) is 18.2 Å². The van der Waals surface area contributed by atoms with Crippen LogP contribution >= 0.6 is 0 Å². The molecule has 0 aromatic heterocycles. The van der Waals surface area contributed by atoms with Gasteiger partial charge in [-0.3, -0.25) is 9.59 Å². The molecule has 3 unspecified atom stereocenters. The van der Waals surface area contributed by atoms with E-state index in [0.29, 0.717) is 31.3 Å². The number of carboxylic acids is 1. The summed E-state index contributed by atoms with van der Waals surface area (Å²) in [5, 5.41) is 9.06. The van der Waals surface area contributed by atoms with Crippen LogP contribution in [0.3, 0.4) is 0 Å². The first-order valence-electron chi connectivity index (χ1n) is 10.3. The van der Waals surface area contributed by atoms with Crippen LogP contribution in [0.25, 0.3) is 0 Å². The van der Waals surface area contributed by atoms with Crippen LogP contribution in [0, 0.1) is 11.3 Å². The smallest absolute Gasteiger partial charge is 0.333 e. The number of allylic oxidation sites excluding steroid dienone is 3. The largest absolute Gasteiger partial charge is 0.478 e. The fourth-order valence-corrected chi connectivity index (χ4v) is 5.45. The lowest BCUT2D eigenvalue weighted by Crippen LogP contribution is -2.65. The molecule has 1 aliphatic heterocycles. The molecule has 0 radical (unpaired) electrons. The molecule has 0 aromatic carbocycles. The van der Waals surface area contributed by atoms with Crippen molar-refractivity contribution in [2.45, 2.75) is 64.1 Å². The number of ether oxygens (including phenoxy) is 3. The van der Waals surface area contributed by atoms with Gasteiger partial charge in [0.15, 0.2) is 0 Å². The monoisotopic (exact) mass is 432 g/mol. The van der Waals surface area contributed by atoms with E-state index in [9.17, 15) is 19.2 Å². The van der Waals surface area contributed by atoms with Gasteiger partial charge in [-0.15, -0.1) is 0 Å². The van der Waals surface area contributed by atoms with Gasteiger partial charge in [-0.05, 0) is 52.0 Å². The average molecular weight is 432 g/mol. The van der Waals surface area contributed by atoms with Crippen LogP contribution in [0.15, 0.2) is 35.5 Å². The van der Waals surface area contributed by atoms with Crippen molar-refractivity contribution in [3.8, 4) is 0 Å². The number of carboxylic acid groups (broad SMARTS) is 1. The first-order chi connectivity index (χ1) is 14.5. The maximum absolute atomic E-state index is 13.4. The lowest BCUT2D eigenvalue weighted by atomic mass is 9.62. The summed E-state index contributed by atoms with van der Waals surface area (Å²) in [5.74, 6) is -2.83. The third kappa shape index (κ3) is 3.58. The summed E-state index contributed by atoms with van der Waals surface area (Å²) in [6.45, 7) is 4.53. The van der Waals surface area contributed by atoms with Gasteiger partial charge in [0.2, 0.25) is 0 Å². The summed E-state index contributed by atoms with van der Waals surface area (Å²) in [5.41, 5.74) is -2.71. The van der Waals surface area contributed by atoms with Crippen molar-refractivity contribution in [3.63, 3.8) is 0 Å². The van der Waals surface area contributed by atoms with Crippen molar-refractivity contribution < 1.29 is 38.5 Å². The topological polar surface area (TPSA) is 116 Å². The van der Waals surface area contributed by atoms with Gasteiger partial charge >= 0.3 is 23.9 Å². The molecule has 8 nitrogen and oxygen atoms in total. The van der Waals surface area contributed by atoms with Crippen molar-refractivity contribution in [2.24, 2.45) is 11.3 Å². The summed E-state index contributed by atoms with van der Waals surface area (Å²) in [7, 11) is 1.30. The Morgan fingerprint density at radius 1 is 1.26 bits per heavy atom. The van der Waals surface area contributed by atoms with E-state index in [-0.39, 0.29) is 17.9 Å². The number of cyclic esters (lactones) is 1. The number of aliphatic carboxylic acids is 1. The van der Waals surface area contributed by atoms with Crippen molar-refractivity contribution in [1.82, 2.24) is 0 Å². The molecule has 3 rings (SSSR count). The first kappa shape index (κ1) is 22.8. The number of rotatable bonds is 5. The number of carbonyl (C=O) groups is 4. The molecule has 1 saturated carbocycles. The predicted molar refractivity (Wildman–Crippen MR) is 109 cm³/mol. The molecule has 2 aliphatic carbocycles. The molecule has 2 bridgehead atoms. The quantitative estimate of drug-likeness (QED) is 0.305. The van der Waals surface area contributed by atoms with E-state index in [1.807, 2.05) is 0 Å². The van der Waals surface area contributed by atoms with Crippen LogP contribution in [0.1, 0.15) is 52.9 Å². The molecule has 1 heterocycles. The summed E-state index contributed by atoms with van der Waals surface area (Å²) in [6.07, 6.45) is 8.21. The fourth-order valence-electron chi connectivity index (χ4n) is 5.45. The van der Waals surface area contributed by atoms with E-state index < -0.39 is 40.5 Å². The summed E-state index contributed by atoms with van der Waals surface area (Å²) < 4.78 is 16.7. The second-order valence-corrected chi connectivity index (χ2v) is 8.67. The molecular formula is C23H28O8. The Labute approximate surface area is 180 Å². The van der Waals surface area contributed by atoms with E-state index in [1.54, 1.807) is 25.2 Å². The molecule has 31 heavy (non-hydrogen) atoms. The molecule has 3 aliphatic rings. The van der Waals surface area contributed by atoms with Crippen LogP contribution in [0.4, 0.5) is 0 Å². The third-order valence-corrected chi connectivity index (χ3v) is 6.97. The Morgan fingerprint density at radius 3 is 2.58 bits per heavy atom. The standard InChI is InChI=1S/C23H28O8/c1-14(18(25)26)6-5-10-21(3)17-9-12-22(20(28)31-21)11-7-16(19(27)29-4)8-13-23(17,22)30-15(2)24/h5-7,10,17H,8-9,11-13H2,1-4H3,(H,25,26)/b10-5+,14-6-/t17-,21?,22?,23?/m1/s1. The van der Waals surface area contributed by atoms with Gasteiger partial charge in [-0.2, -0.15) is 0 Å². The Bertz CT molecular complexity index is 913. The van der Waals surface area contributed by atoms with Gasteiger partial charge in [0.1, 0.15) is 16.6 Å². The van der Waals surface area contributed by atoms with Crippen LogP contribution in [-0.2, 0) is 33.4 Å². The second-order valence-electron chi connectivity index (χ2n) is 8.67. The minimum Gasteiger partial charge on any atom is -0.478 e. The minimum absolute atomic E-state index is 0.138. The maximum atomic E-state index is 13.4. The fraction of sp³-hybridized carbons (Fsp3) is 0.565. The molecule has 0 amide bonds. The highest BCUT2D eigenvalue weighted by atomic mass is 16.6. The lowest BCUT2D eigenvalue weighted by molar-refractivity contribution is -0.235. The molecule has 0 spiro atoms. The van der Waals surface area contributed by atoms with E-state index in [1.165, 1.54) is 27.0 Å². The van der Waals surface area contributed by atoms with E-state index in [4.69, 9.17) is 19.3 Å². The Morgan fingerprint density at radius 2 is 1.97 bits per heavy atom. The summed E-state index contributed by atoms with van der Waals surface area (Å²) in [6, 6.07) is 0. The van der Waals surface area contributed by atoms with Gasteiger partial charge in [0.05, 0.1) is 7.11 Å². The zero-order valence-electron chi connectivity index (χ0n) is 18.2. The van der Waals surface area contributed by atoms with Crippen LogP contribution < -0.4 is 0 Å². The zero-order chi connectivity index (χ0) is 23.0. The zero-order valence-corrected chi connectivity index (χ0v) is 18.2. The molecule has 1 saturated heterocycles. The highest BCUT2D eigenvalue weighted by molar-refractivity contribution is 5.89. The summed E-state index contributed by atoms with van der Waals surface area (Å²) in [4.78, 5) is 48.8. The Kier molecular flexibility index (Phi) is 5.86. The van der Waals surface area contributed by atoms with Gasteiger partial charge in [0, 0.05) is 24.0 Å². The van der Waals surface area contributed by atoms with Crippen molar-refractivity contribution in [3.05, 3.63) is 35.5 Å². The van der Waals surface area contributed by atoms with Crippen molar-refractivity contribution >= 4 is 23.9 Å². The molecule has 168 valence electrons.